The van der Waals surface area contributed by atoms with Crippen molar-refractivity contribution in [2.45, 2.75) is 34.1 Å². The molecule has 0 atom stereocenters. The summed E-state index contributed by atoms with van der Waals surface area (Å²) in [6.45, 7) is 13.2. The van der Waals surface area contributed by atoms with Crippen molar-refractivity contribution in [3.63, 3.8) is 0 Å². The molecule has 2 aromatic rings. The number of thiophene rings is 1. The van der Waals surface area contributed by atoms with Crippen molar-refractivity contribution >= 4 is 33.5 Å². The highest BCUT2D eigenvalue weighted by atomic mass is 32.1. The highest BCUT2D eigenvalue weighted by Gasteiger charge is 2.21. The number of hydrogen-bond acceptors (Lipinski definition) is 6. The zero-order valence-electron chi connectivity index (χ0n) is 17.8. The lowest BCUT2D eigenvalue weighted by Gasteiger charge is -2.24. The number of nitrogens with zero attached hydrogens (tertiary/aromatic N) is 2. The number of fused-ring (bicyclic) bond motifs is 2. The summed E-state index contributed by atoms with van der Waals surface area (Å²) in [5.41, 5.74) is 4.65. The molecule has 0 amide bonds. The Morgan fingerprint density at radius 3 is 2.61 bits per heavy atom. The summed E-state index contributed by atoms with van der Waals surface area (Å²) >= 11 is 1.74. The molecule has 154 valence electrons. The fourth-order valence-electron chi connectivity index (χ4n) is 2.92. The first-order valence-corrected chi connectivity index (χ1v) is 11.1. The number of ether oxygens (including phenoxy) is 1. The number of aryl methyl sites for hydroxylation is 1. The van der Waals surface area contributed by atoms with Crippen LogP contribution in [0.1, 0.15) is 38.8 Å². The molecule has 1 aliphatic heterocycles. The number of likely N-dealkylation sites (N-methyl/N-ethyl adjacent to an activating group) is 2. The number of aliphatic imine (C=N–C) groups is 1. The standard InChI is InChI=1S/C19H26N4S.C3H8O/c1-4-14-7-8-16-17(13-14)21-18(15-9-12-24-19(15)22-16)23(6-3)11-10-20-5-2;1-3-4-2/h7-9,12-13,20,22H,4-6,10-11H2,1-3H3;3H2,1-2H3. The van der Waals surface area contributed by atoms with Gasteiger partial charge in [-0.15, -0.1) is 11.3 Å². The van der Waals surface area contributed by atoms with Crippen molar-refractivity contribution in [2.75, 3.05) is 45.2 Å². The third-order valence-electron chi connectivity index (χ3n) is 4.63. The zero-order valence-corrected chi connectivity index (χ0v) is 18.7. The monoisotopic (exact) mass is 402 g/mol. The second-order valence-electron chi connectivity index (χ2n) is 6.44. The molecule has 0 spiro atoms. The van der Waals surface area contributed by atoms with Gasteiger partial charge in [0.2, 0.25) is 0 Å². The third kappa shape index (κ3) is 5.80. The maximum atomic E-state index is 5.07. The molecule has 28 heavy (non-hydrogen) atoms. The van der Waals surface area contributed by atoms with Gasteiger partial charge in [0.25, 0.3) is 0 Å². The van der Waals surface area contributed by atoms with Crippen molar-refractivity contribution in [3.05, 3.63) is 40.8 Å². The van der Waals surface area contributed by atoms with E-state index in [1.54, 1.807) is 18.4 Å². The maximum absolute atomic E-state index is 5.07. The van der Waals surface area contributed by atoms with Gasteiger partial charge in [0, 0.05) is 33.4 Å². The van der Waals surface area contributed by atoms with Crippen LogP contribution in [0.4, 0.5) is 16.4 Å². The van der Waals surface area contributed by atoms with E-state index >= 15 is 0 Å². The van der Waals surface area contributed by atoms with E-state index in [1.807, 2.05) is 6.92 Å². The van der Waals surface area contributed by atoms with Gasteiger partial charge in [0.1, 0.15) is 10.8 Å². The number of nitrogens with one attached hydrogen (secondary N) is 2. The molecular formula is C22H34N4OS. The molecule has 1 aromatic carbocycles. The van der Waals surface area contributed by atoms with Gasteiger partial charge >= 0.3 is 0 Å². The minimum Gasteiger partial charge on any atom is -0.385 e. The van der Waals surface area contributed by atoms with E-state index in [0.29, 0.717) is 0 Å². The number of benzene rings is 1. The fourth-order valence-corrected chi connectivity index (χ4v) is 3.72. The number of methoxy groups -OCH3 is 1. The first-order valence-electron chi connectivity index (χ1n) is 10.2. The Kier molecular flexibility index (Phi) is 9.47. The predicted molar refractivity (Wildman–Crippen MR) is 123 cm³/mol. The molecule has 0 aliphatic carbocycles. The minimum atomic E-state index is 0.819. The quantitative estimate of drug-likeness (QED) is 0.638. The summed E-state index contributed by atoms with van der Waals surface area (Å²) in [6.07, 6.45) is 1.03. The smallest absolute Gasteiger partial charge is 0.139 e. The van der Waals surface area contributed by atoms with Crippen molar-refractivity contribution in [2.24, 2.45) is 4.99 Å². The number of anilines is 2. The first kappa shape index (κ1) is 22.4. The van der Waals surface area contributed by atoms with E-state index in [0.717, 1.165) is 56.4 Å². The van der Waals surface area contributed by atoms with Gasteiger partial charge in [0.05, 0.1) is 16.9 Å². The summed E-state index contributed by atoms with van der Waals surface area (Å²) < 4.78 is 4.54. The molecular weight excluding hydrogens is 368 g/mol. The second-order valence-corrected chi connectivity index (χ2v) is 7.36. The second kappa shape index (κ2) is 11.8. The molecule has 2 heterocycles. The van der Waals surface area contributed by atoms with E-state index in [-0.39, 0.29) is 0 Å². The van der Waals surface area contributed by atoms with E-state index in [1.165, 1.54) is 16.1 Å². The van der Waals surface area contributed by atoms with Gasteiger partial charge in [-0.05, 0) is 56.0 Å². The lowest BCUT2D eigenvalue weighted by Crippen LogP contribution is -2.37. The summed E-state index contributed by atoms with van der Waals surface area (Å²) in [6, 6.07) is 8.72. The lowest BCUT2D eigenvalue weighted by molar-refractivity contribution is 0.215. The topological polar surface area (TPSA) is 48.9 Å². The average molecular weight is 403 g/mol. The zero-order chi connectivity index (χ0) is 20.4. The van der Waals surface area contributed by atoms with Gasteiger partial charge in [-0.3, -0.25) is 0 Å². The van der Waals surface area contributed by atoms with Crippen molar-refractivity contribution in [1.29, 1.82) is 0 Å². The summed E-state index contributed by atoms with van der Waals surface area (Å²) in [7, 11) is 1.68. The predicted octanol–water partition coefficient (Wildman–Crippen LogP) is 5.03. The van der Waals surface area contributed by atoms with E-state index in [4.69, 9.17) is 4.99 Å². The van der Waals surface area contributed by atoms with Crippen LogP contribution in [0, 0.1) is 0 Å². The summed E-state index contributed by atoms with van der Waals surface area (Å²) in [5, 5.41) is 10.3. The molecule has 3 rings (SSSR count). The molecule has 5 nitrogen and oxygen atoms in total. The summed E-state index contributed by atoms with van der Waals surface area (Å²) in [4.78, 5) is 7.43. The SMILES string of the molecule is CCNCCN(CC)C1=Nc2cc(CC)ccc2Nc2sccc21.CCOC. The highest BCUT2D eigenvalue weighted by molar-refractivity contribution is 7.14. The van der Waals surface area contributed by atoms with E-state index in [2.05, 4.69) is 70.7 Å². The Morgan fingerprint density at radius 2 is 1.96 bits per heavy atom. The minimum absolute atomic E-state index is 0.819. The Morgan fingerprint density at radius 1 is 1.18 bits per heavy atom. The molecule has 0 saturated heterocycles. The molecule has 0 bridgehead atoms. The Balaban J connectivity index is 0.000000640. The number of rotatable bonds is 7. The molecule has 1 aromatic heterocycles. The van der Waals surface area contributed by atoms with Crippen LogP contribution < -0.4 is 10.6 Å². The number of hydrogen-bond donors (Lipinski definition) is 2. The average Bonchev–Trinajstić information content (AvgIpc) is 3.13. The van der Waals surface area contributed by atoms with Gasteiger partial charge in [-0.1, -0.05) is 19.9 Å². The normalized spacial score (nSPS) is 12.0. The largest absolute Gasteiger partial charge is 0.385 e. The van der Waals surface area contributed by atoms with Gasteiger partial charge < -0.3 is 20.3 Å². The summed E-state index contributed by atoms with van der Waals surface area (Å²) in [5.74, 6) is 1.08. The molecule has 0 radical (unpaired) electrons. The Hall–Kier alpha value is -1.89. The van der Waals surface area contributed by atoms with Gasteiger partial charge in [0.15, 0.2) is 0 Å². The Bertz CT molecular complexity index is 755. The van der Waals surface area contributed by atoms with Crippen LogP contribution in [0.15, 0.2) is 34.6 Å². The van der Waals surface area contributed by atoms with Crippen LogP contribution in [0.3, 0.4) is 0 Å². The van der Waals surface area contributed by atoms with Crippen LogP contribution in [-0.2, 0) is 11.2 Å². The van der Waals surface area contributed by atoms with Crippen LogP contribution in [-0.4, -0.2) is 50.6 Å². The molecule has 0 unspecified atom stereocenters. The van der Waals surface area contributed by atoms with Crippen molar-refractivity contribution in [3.8, 4) is 0 Å². The fraction of sp³-hybridized carbons (Fsp3) is 0.500. The van der Waals surface area contributed by atoms with E-state index < -0.39 is 0 Å². The molecule has 0 saturated carbocycles. The highest BCUT2D eigenvalue weighted by Crippen LogP contribution is 2.38. The van der Waals surface area contributed by atoms with Crippen LogP contribution in [0.5, 0.6) is 0 Å². The van der Waals surface area contributed by atoms with Crippen LogP contribution >= 0.6 is 11.3 Å². The molecule has 6 heteroatoms. The number of amidine groups is 1. The van der Waals surface area contributed by atoms with Crippen LogP contribution in [0.2, 0.25) is 0 Å². The lowest BCUT2D eigenvalue weighted by atomic mass is 10.1. The van der Waals surface area contributed by atoms with Crippen molar-refractivity contribution < 1.29 is 4.74 Å². The maximum Gasteiger partial charge on any atom is 0.139 e. The van der Waals surface area contributed by atoms with Gasteiger partial charge in [-0.2, -0.15) is 0 Å². The third-order valence-corrected chi connectivity index (χ3v) is 5.46. The first-order chi connectivity index (χ1) is 13.7. The van der Waals surface area contributed by atoms with Crippen molar-refractivity contribution in [1.82, 2.24) is 10.2 Å². The molecule has 0 fully saturated rings. The van der Waals surface area contributed by atoms with Crippen LogP contribution in [0.25, 0.3) is 0 Å². The molecule has 1 aliphatic rings. The van der Waals surface area contributed by atoms with E-state index in [9.17, 15) is 0 Å². The van der Waals surface area contributed by atoms with Gasteiger partial charge in [-0.25, -0.2) is 4.99 Å². The molecule has 2 N–H and O–H groups in total. The Labute approximate surface area is 173 Å².